The van der Waals surface area contributed by atoms with E-state index in [0.29, 0.717) is 131 Å². The van der Waals surface area contributed by atoms with Gasteiger partial charge in [-0.25, -0.2) is 47.5 Å². The molecule has 2 saturated carbocycles. The molecule has 10 aromatic heterocycles. The van der Waals surface area contributed by atoms with Gasteiger partial charge in [-0.2, -0.15) is 26.3 Å². The van der Waals surface area contributed by atoms with E-state index in [1.807, 2.05) is 0 Å². The van der Waals surface area contributed by atoms with Crippen LogP contribution in [0.5, 0.6) is 52.4 Å². The maximum Gasteiger partial charge on any atom is 0.586 e. The molecule has 148 heavy (non-hydrogen) atoms. The number of aryl methyl sites for hydroxylation is 2. The predicted molar refractivity (Wildman–Crippen MR) is 476 cm³/mol. The summed E-state index contributed by atoms with van der Waals surface area (Å²) in [4.78, 5) is 24.1. The topological polar surface area (TPSA) is 368 Å². The van der Waals surface area contributed by atoms with Crippen LogP contribution in [0.15, 0.2) is 257 Å². The second kappa shape index (κ2) is 41.0. The lowest BCUT2D eigenvalue weighted by Crippen LogP contribution is -2.25. The Morgan fingerprint density at radius 3 is 1.09 bits per heavy atom. The van der Waals surface area contributed by atoms with Gasteiger partial charge in [-0.3, -0.25) is 0 Å². The summed E-state index contributed by atoms with van der Waals surface area (Å²) in [7, 11) is 0. The Morgan fingerprint density at radius 1 is 0.318 bits per heavy atom. The van der Waals surface area contributed by atoms with Gasteiger partial charge in [0, 0.05) is 89.5 Å². The van der Waals surface area contributed by atoms with Crippen molar-refractivity contribution in [3.63, 3.8) is 0 Å². The second-order valence-corrected chi connectivity index (χ2v) is 32.5. The van der Waals surface area contributed by atoms with E-state index < -0.39 is 65.8 Å². The van der Waals surface area contributed by atoms with Crippen molar-refractivity contribution in [2.45, 2.75) is 116 Å². The minimum absolute atomic E-state index is 0.0129. The minimum atomic E-state index is -4.81. The highest BCUT2D eigenvalue weighted by Crippen LogP contribution is 2.48. The number of aromatic nitrogens is 15. The average Bonchev–Trinajstić information content (AvgIpc) is 1.62. The van der Waals surface area contributed by atoms with Crippen LogP contribution in [-0.4, -0.2) is 95.1 Å². The van der Waals surface area contributed by atoms with E-state index in [0.717, 1.165) is 79.3 Å². The summed E-state index contributed by atoms with van der Waals surface area (Å²) in [6.07, 6.45) is -8.83. The van der Waals surface area contributed by atoms with Crippen molar-refractivity contribution in [3.8, 4) is 108 Å². The Kier molecular flexibility index (Phi) is 27.4. The van der Waals surface area contributed by atoms with Crippen molar-refractivity contribution < 1.29 is 153 Å². The maximum atomic E-state index is 14.7. The van der Waals surface area contributed by atoms with E-state index in [2.05, 4.69) is 95.0 Å². The van der Waals surface area contributed by atoms with Crippen LogP contribution in [0.1, 0.15) is 101 Å². The molecule has 1 aliphatic heterocycles. The Hall–Kier alpha value is -18.0. The molecular formula is C99H63F18N15O16. The molecule has 0 N–H and O–H groups in total. The summed E-state index contributed by atoms with van der Waals surface area (Å²) in [5, 5.41) is 37.3. The first-order valence-corrected chi connectivity index (χ1v) is 43.7. The monoisotopic (exact) mass is 2060 g/mol. The number of hydrogen-bond acceptors (Lipinski definition) is 31. The molecule has 49 heteroatoms. The lowest BCUT2D eigenvalue weighted by atomic mass is 9.98. The third-order valence-corrected chi connectivity index (χ3v) is 22.1. The van der Waals surface area contributed by atoms with Gasteiger partial charge < -0.3 is 74.1 Å². The smallest absolute Gasteiger partial charge is 0.467 e. The number of benzene rings is 10. The summed E-state index contributed by atoms with van der Waals surface area (Å²) in [6.45, 7) is 3.37. The highest BCUT2D eigenvalue weighted by atomic mass is 19.4. The molecule has 0 radical (unpaired) electrons. The number of fused-ring (bicyclic) bond motifs is 6. The molecule has 20 aromatic rings. The van der Waals surface area contributed by atoms with Crippen molar-refractivity contribution in [1.82, 2.24) is 76.1 Å². The molecule has 10 aromatic carbocycles. The third kappa shape index (κ3) is 23.6. The van der Waals surface area contributed by atoms with Gasteiger partial charge in [0.25, 0.3) is 41.2 Å². The Bertz CT molecular complexity index is 8190. The summed E-state index contributed by atoms with van der Waals surface area (Å²) < 4.78 is 317. The van der Waals surface area contributed by atoms with Gasteiger partial charge in [0.2, 0.25) is 11.8 Å². The van der Waals surface area contributed by atoms with Crippen molar-refractivity contribution in [3.05, 3.63) is 312 Å². The van der Waals surface area contributed by atoms with Crippen LogP contribution in [0.3, 0.4) is 0 Å². The molecule has 0 saturated heterocycles. The molecule has 11 heterocycles. The number of hydrogen-bond donors (Lipinski definition) is 0. The van der Waals surface area contributed by atoms with E-state index in [9.17, 15) is 79.0 Å². The lowest BCUT2D eigenvalue weighted by molar-refractivity contribution is -0.287. The Morgan fingerprint density at radius 2 is 0.669 bits per heavy atom. The first kappa shape index (κ1) is 98.8. The molecule has 0 bridgehead atoms. The summed E-state index contributed by atoms with van der Waals surface area (Å²) >= 11 is 0. The lowest BCUT2D eigenvalue weighted by Gasteiger charge is -2.12. The maximum absolute atomic E-state index is 14.7. The van der Waals surface area contributed by atoms with Crippen LogP contribution in [0, 0.1) is 37.1 Å². The van der Waals surface area contributed by atoms with Gasteiger partial charge in [0.15, 0.2) is 70.1 Å². The van der Waals surface area contributed by atoms with Crippen molar-refractivity contribution in [2.24, 2.45) is 0 Å². The Balaban J connectivity index is 0.000000116. The fourth-order valence-electron chi connectivity index (χ4n) is 14.8. The van der Waals surface area contributed by atoms with Gasteiger partial charge in [0.05, 0.1) is 38.1 Å². The standard InChI is InChI=1S/C21H16F3N3O4.C20H13F4N3O3.C20H14F3N3O3.C19H10F5N3O2.C19H10F3N3O4/c1-11-8-14(30-21(22,23)24)5-6-15(11)13-4-7-17-16(9-13)20(27-31-17)28-10-18-25-26-19(29-18)12-2-3-12;1-11-7-12(29-20(22,23)24)3-4-13(11)14-8-15-17(9-16(14)21)30-27-19(15)28-10-18-25-5-2-6-26-18;21-20(22,23)14-6-3-11(4-7-14)13-5-8-16-15(9-13)19(26-29-16)27-10-17-24-25-18(28-17)12-1-2-12;20-14-6-10(19(22,23)24)2-3-11(14)12-7-13-16(8-15(12)21)29-27-18(13)28-9-17-25-4-1-5-26-17;20-13-8-15-12(18(25-29-15)26-9-17-23-4-1-5-24-17)7-11(13)10-2-3-14-16(6-10)28-19(21,22)27-14/h4-9,12H,2-3,10H2,1H3;2-9H,10H2,1H3;3-9,12H,1-2,10H2;2*1-8H,9H2. The summed E-state index contributed by atoms with van der Waals surface area (Å²) in [6, 6.07) is 41.5. The second-order valence-electron chi connectivity index (χ2n) is 32.5. The summed E-state index contributed by atoms with van der Waals surface area (Å²) in [5.74, 6) is 0.306. The van der Waals surface area contributed by atoms with Crippen LogP contribution in [0.2, 0.25) is 0 Å². The van der Waals surface area contributed by atoms with Crippen LogP contribution in [0.4, 0.5) is 79.0 Å². The molecular weight excluding hydrogens is 2000 g/mol. The number of nitrogens with zero attached hydrogens (tertiary/aromatic N) is 15. The predicted octanol–water partition coefficient (Wildman–Crippen LogP) is 25.6. The van der Waals surface area contributed by atoms with E-state index in [1.165, 1.54) is 85.2 Å². The van der Waals surface area contributed by atoms with E-state index in [-0.39, 0.29) is 130 Å². The van der Waals surface area contributed by atoms with Gasteiger partial charge >= 0.3 is 31.4 Å². The van der Waals surface area contributed by atoms with E-state index in [4.69, 9.17) is 55.1 Å². The molecule has 31 nitrogen and oxygen atoms in total. The zero-order valence-corrected chi connectivity index (χ0v) is 75.4. The normalized spacial score (nSPS) is 13.3. The summed E-state index contributed by atoms with van der Waals surface area (Å²) in [5.41, 5.74) is 3.78. The van der Waals surface area contributed by atoms with E-state index in [1.54, 1.807) is 99.3 Å². The number of halogens is 18. The van der Waals surface area contributed by atoms with Crippen molar-refractivity contribution >= 4 is 54.8 Å². The molecule has 0 spiro atoms. The van der Waals surface area contributed by atoms with Crippen LogP contribution >= 0.6 is 0 Å². The van der Waals surface area contributed by atoms with Gasteiger partial charge in [-0.05, 0) is 231 Å². The zero-order valence-electron chi connectivity index (χ0n) is 75.4. The van der Waals surface area contributed by atoms with Crippen LogP contribution < -0.4 is 42.6 Å². The van der Waals surface area contributed by atoms with Gasteiger partial charge in [0.1, 0.15) is 54.6 Å². The minimum Gasteiger partial charge on any atom is -0.467 e. The van der Waals surface area contributed by atoms with E-state index >= 15 is 0 Å². The zero-order chi connectivity index (χ0) is 104. The third-order valence-electron chi connectivity index (χ3n) is 22.1. The number of alkyl halides is 14. The highest BCUT2D eigenvalue weighted by molar-refractivity contribution is 5.92. The molecule has 0 amide bonds. The Labute approximate surface area is 816 Å². The number of rotatable bonds is 24. The SMILES string of the molecule is Cc1cc(OC(F)(F)F)ccc1-c1cc2c(OCc3ncccn3)noc2cc1F.Cc1cc(OC(F)(F)F)ccc1-c1ccc2onc(OCc3nnc(C4CC4)o3)c2c1.FC(F)(F)c1ccc(-c2ccc3onc(OCc4nnc(C5CC5)o4)c3c2)cc1.Fc1cc(C(F)(F)F)ccc1-c1cc2c(OCc3ncccn3)noc2cc1F.Fc1cc2onc(OCc3ncccn3)c2cc1-c1ccc2c(c1)OC(F)(F)O2. The fourth-order valence-corrected chi connectivity index (χ4v) is 14.8. The molecule has 23 rings (SSSR count). The fraction of sp³-hybridized carbons (Fsp3) is 0.182. The van der Waals surface area contributed by atoms with Crippen LogP contribution in [-0.2, 0) is 45.4 Å². The molecule has 0 atom stereocenters. The molecule has 3 aliphatic rings. The first-order valence-electron chi connectivity index (χ1n) is 43.7. The number of ether oxygens (including phenoxy) is 9. The quantitative estimate of drug-likeness (QED) is 0.0507. The van der Waals surface area contributed by atoms with Crippen LogP contribution in [0.25, 0.3) is 110 Å². The van der Waals surface area contributed by atoms with Crippen molar-refractivity contribution in [2.75, 3.05) is 0 Å². The molecule has 0 unspecified atom stereocenters. The molecule has 2 fully saturated rings. The largest absolute Gasteiger partial charge is 0.586 e. The van der Waals surface area contributed by atoms with Crippen molar-refractivity contribution in [1.29, 1.82) is 0 Å². The average molecular weight is 2060 g/mol. The molecule has 756 valence electrons. The highest BCUT2D eigenvalue weighted by Gasteiger charge is 2.44. The van der Waals surface area contributed by atoms with Gasteiger partial charge in [-0.15, -0.1) is 55.5 Å². The van der Waals surface area contributed by atoms with Gasteiger partial charge in [-0.1, -0.05) is 48.5 Å². The molecule has 2 aliphatic carbocycles. The first-order chi connectivity index (χ1) is 70.9.